The third-order valence-electron chi connectivity index (χ3n) is 3.71. The molecule has 0 aromatic heterocycles. The third-order valence-corrected chi connectivity index (χ3v) is 3.71. The molecule has 1 aliphatic rings. The number of rotatable bonds is 3. The molecule has 1 N–H and O–H groups in total. The first-order valence-corrected chi connectivity index (χ1v) is 6.03. The fraction of sp³-hybridized carbons (Fsp3) is 0.571. The summed E-state index contributed by atoms with van der Waals surface area (Å²) in [5, 5.41) is 3.34. The average Bonchev–Trinajstić information content (AvgIpc) is 2.79. The molecule has 0 bridgehead atoms. The van der Waals surface area contributed by atoms with E-state index in [1.165, 1.54) is 12.1 Å². The molecule has 1 aliphatic carbocycles. The van der Waals surface area contributed by atoms with E-state index in [1.807, 2.05) is 6.92 Å². The molecule has 2 atom stereocenters. The summed E-state index contributed by atoms with van der Waals surface area (Å²) in [6, 6.07) is 2.82. The standard InChI is InChI=1S/C14H19F2N/c1-8-5-12(16)10(6-11(8)15)9(2)17-13-7-14(13,3)4/h5-6,9,13,17H,7H2,1-4H3. The summed E-state index contributed by atoms with van der Waals surface area (Å²) in [5.74, 6) is -0.674. The van der Waals surface area contributed by atoms with Gasteiger partial charge in [-0.15, -0.1) is 0 Å². The van der Waals surface area contributed by atoms with Crippen LogP contribution in [0.4, 0.5) is 8.78 Å². The van der Waals surface area contributed by atoms with Gasteiger partial charge in [-0.05, 0) is 43.4 Å². The first-order chi connectivity index (χ1) is 7.81. The minimum Gasteiger partial charge on any atom is -0.307 e. The predicted octanol–water partition coefficient (Wildman–Crippen LogP) is 3.72. The predicted molar refractivity (Wildman–Crippen MR) is 64.8 cm³/mol. The van der Waals surface area contributed by atoms with Gasteiger partial charge in [0.1, 0.15) is 11.6 Å². The van der Waals surface area contributed by atoms with Crippen molar-refractivity contribution in [2.75, 3.05) is 0 Å². The van der Waals surface area contributed by atoms with Crippen molar-refractivity contribution < 1.29 is 8.78 Å². The largest absolute Gasteiger partial charge is 0.307 e. The fourth-order valence-corrected chi connectivity index (χ4v) is 2.14. The molecule has 2 rings (SSSR count). The van der Waals surface area contributed by atoms with Crippen molar-refractivity contribution >= 4 is 0 Å². The molecule has 17 heavy (non-hydrogen) atoms. The van der Waals surface area contributed by atoms with E-state index in [2.05, 4.69) is 19.2 Å². The molecule has 1 nitrogen and oxygen atoms in total. The molecule has 3 heteroatoms. The van der Waals surface area contributed by atoms with E-state index in [0.29, 0.717) is 17.2 Å². The summed E-state index contributed by atoms with van der Waals surface area (Å²) in [6.45, 7) is 7.79. The molecule has 1 fully saturated rings. The average molecular weight is 239 g/mol. The van der Waals surface area contributed by atoms with Gasteiger partial charge in [-0.1, -0.05) is 13.8 Å². The van der Waals surface area contributed by atoms with E-state index in [-0.39, 0.29) is 23.1 Å². The number of benzene rings is 1. The smallest absolute Gasteiger partial charge is 0.128 e. The number of hydrogen-bond acceptors (Lipinski definition) is 1. The highest BCUT2D eigenvalue weighted by Crippen LogP contribution is 2.45. The van der Waals surface area contributed by atoms with Gasteiger partial charge >= 0.3 is 0 Å². The lowest BCUT2D eigenvalue weighted by Crippen LogP contribution is -2.25. The molecule has 1 aromatic rings. The van der Waals surface area contributed by atoms with Gasteiger partial charge in [-0.25, -0.2) is 8.78 Å². The van der Waals surface area contributed by atoms with Gasteiger partial charge in [0.2, 0.25) is 0 Å². The van der Waals surface area contributed by atoms with Gasteiger partial charge in [0.25, 0.3) is 0 Å². The first-order valence-electron chi connectivity index (χ1n) is 6.03. The molecule has 0 heterocycles. The Hall–Kier alpha value is -0.960. The van der Waals surface area contributed by atoms with E-state index in [9.17, 15) is 8.78 Å². The van der Waals surface area contributed by atoms with Crippen LogP contribution in [0.25, 0.3) is 0 Å². The number of hydrogen-bond donors (Lipinski definition) is 1. The molecule has 1 saturated carbocycles. The van der Waals surface area contributed by atoms with Gasteiger partial charge in [-0.2, -0.15) is 0 Å². The Morgan fingerprint density at radius 2 is 1.88 bits per heavy atom. The summed E-state index contributed by atoms with van der Waals surface area (Å²) in [6.07, 6.45) is 1.09. The highest BCUT2D eigenvalue weighted by molar-refractivity contribution is 5.27. The second-order valence-corrected chi connectivity index (χ2v) is 5.76. The van der Waals surface area contributed by atoms with Crippen molar-refractivity contribution in [2.24, 2.45) is 5.41 Å². The molecule has 2 unspecified atom stereocenters. The fourth-order valence-electron chi connectivity index (χ4n) is 2.14. The number of aryl methyl sites for hydroxylation is 1. The van der Waals surface area contributed by atoms with Crippen LogP contribution in [-0.4, -0.2) is 6.04 Å². The maximum atomic E-state index is 13.7. The molecule has 1 aromatic carbocycles. The maximum absolute atomic E-state index is 13.7. The van der Waals surface area contributed by atoms with Crippen LogP contribution in [-0.2, 0) is 0 Å². The summed E-state index contributed by atoms with van der Waals surface area (Å²) in [7, 11) is 0. The topological polar surface area (TPSA) is 12.0 Å². The zero-order valence-electron chi connectivity index (χ0n) is 10.8. The lowest BCUT2D eigenvalue weighted by atomic mass is 10.0. The van der Waals surface area contributed by atoms with Crippen molar-refractivity contribution in [2.45, 2.75) is 46.2 Å². The third kappa shape index (κ3) is 2.49. The summed E-state index contributed by atoms with van der Waals surface area (Å²) < 4.78 is 27.2. The monoisotopic (exact) mass is 239 g/mol. The normalized spacial score (nSPS) is 23.5. The Kier molecular flexibility index (Phi) is 2.98. The minimum absolute atomic E-state index is 0.156. The zero-order valence-corrected chi connectivity index (χ0v) is 10.8. The van der Waals surface area contributed by atoms with Gasteiger partial charge in [0, 0.05) is 17.6 Å². The summed E-state index contributed by atoms with van der Waals surface area (Å²) in [4.78, 5) is 0. The van der Waals surface area contributed by atoms with Crippen LogP contribution >= 0.6 is 0 Å². The van der Waals surface area contributed by atoms with Crippen molar-refractivity contribution in [1.29, 1.82) is 0 Å². The van der Waals surface area contributed by atoms with Gasteiger partial charge in [0.05, 0.1) is 0 Å². The Morgan fingerprint density at radius 3 is 2.41 bits per heavy atom. The molecule has 0 amide bonds. The van der Waals surface area contributed by atoms with Crippen LogP contribution < -0.4 is 5.32 Å². The van der Waals surface area contributed by atoms with Gasteiger partial charge in [0.15, 0.2) is 0 Å². The first kappa shape index (κ1) is 12.5. The summed E-state index contributed by atoms with van der Waals surface area (Å²) in [5.41, 5.74) is 1.05. The van der Waals surface area contributed by atoms with Crippen LogP contribution in [0.15, 0.2) is 12.1 Å². The van der Waals surface area contributed by atoms with E-state index in [0.717, 1.165) is 6.42 Å². The van der Waals surface area contributed by atoms with Crippen LogP contribution in [0, 0.1) is 24.0 Å². The second-order valence-electron chi connectivity index (χ2n) is 5.76. The maximum Gasteiger partial charge on any atom is 0.128 e. The molecule has 0 spiro atoms. The van der Waals surface area contributed by atoms with Crippen LogP contribution in [0.2, 0.25) is 0 Å². The van der Waals surface area contributed by atoms with Crippen LogP contribution in [0.3, 0.4) is 0 Å². The quantitative estimate of drug-likeness (QED) is 0.847. The Labute approximate surface area is 101 Å². The van der Waals surface area contributed by atoms with E-state index in [4.69, 9.17) is 0 Å². The van der Waals surface area contributed by atoms with Crippen molar-refractivity contribution in [1.82, 2.24) is 5.32 Å². The summed E-state index contributed by atoms with van der Waals surface area (Å²) >= 11 is 0. The molecular weight excluding hydrogens is 220 g/mol. The lowest BCUT2D eigenvalue weighted by molar-refractivity contribution is 0.471. The second kappa shape index (κ2) is 4.05. The zero-order chi connectivity index (χ0) is 12.8. The van der Waals surface area contributed by atoms with E-state index < -0.39 is 0 Å². The number of nitrogens with one attached hydrogen (secondary N) is 1. The Bertz CT molecular complexity index is 440. The van der Waals surface area contributed by atoms with Crippen LogP contribution in [0.5, 0.6) is 0 Å². The SMILES string of the molecule is Cc1cc(F)c(C(C)NC2CC2(C)C)cc1F. The molecular formula is C14H19F2N. The highest BCUT2D eigenvalue weighted by Gasteiger charge is 2.46. The number of halogens is 2. The lowest BCUT2D eigenvalue weighted by Gasteiger charge is -2.17. The molecule has 0 aliphatic heterocycles. The Morgan fingerprint density at radius 1 is 1.29 bits per heavy atom. The van der Waals surface area contributed by atoms with Crippen molar-refractivity contribution in [3.8, 4) is 0 Å². The van der Waals surface area contributed by atoms with Crippen LogP contribution in [0.1, 0.15) is 44.4 Å². The van der Waals surface area contributed by atoms with E-state index >= 15 is 0 Å². The minimum atomic E-state index is -0.342. The van der Waals surface area contributed by atoms with E-state index in [1.54, 1.807) is 6.92 Å². The van der Waals surface area contributed by atoms with Crippen molar-refractivity contribution in [3.05, 3.63) is 34.9 Å². The van der Waals surface area contributed by atoms with Gasteiger partial charge in [-0.3, -0.25) is 0 Å². The molecule has 94 valence electrons. The molecule has 0 saturated heterocycles. The van der Waals surface area contributed by atoms with Gasteiger partial charge < -0.3 is 5.32 Å². The molecule has 0 radical (unpaired) electrons. The highest BCUT2D eigenvalue weighted by atomic mass is 19.1. The van der Waals surface area contributed by atoms with Crippen molar-refractivity contribution in [3.63, 3.8) is 0 Å². The Balaban J connectivity index is 2.14.